The van der Waals surface area contributed by atoms with Gasteiger partial charge in [0.05, 0.1) is 11.3 Å². The highest BCUT2D eigenvalue weighted by Gasteiger charge is 2.26. The Kier molecular flexibility index (Phi) is 4.98. The highest BCUT2D eigenvalue weighted by atomic mass is 79.9. The molecule has 2 aromatic carbocycles. The van der Waals surface area contributed by atoms with Crippen molar-refractivity contribution in [2.45, 2.75) is 23.8 Å². The van der Waals surface area contributed by atoms with Crippen LogP contribution in [-0.2, 0) is 10.0 Å². The van der Waals surface area contributed by atoms with Crippen LogP contribution in [-0.4, -0.2) is 20.4 Å². The predicted octanol–water partition coefficient (Wildman–Crippen LogP) is 3.90. The van der Waals surface area contributed by atoms with Gasteiger partial charge in [0.2, 0.25) is 0 Å². The van der Waals surface area contributed by atoms with E-state index in [1.807, 2.05) is 0 Å². The van der Waals surface area contributed by atoms with Crippen LogP contribution in [0.4, 0.5) is 5.69 Å². The lowest BCUT2D eigenvalue weighted by Gasteiger charge is -2.13. The lowest BCUT2D eigenvalue weighted by molar-refractivity contribution is 0.0952. The van der Waals surface area contributed by atoms with Crippen LogP contribution in [0.1, 0.15) is 23.2 Å². The summed E-state index contributed by atoms with van der Waals surface area (Å²) in [6, 6.07) is 11.6. The van der Waals surface area contributed by atoms with Crippen molar-refractivity contribution in [2.24, 2.45) is 0 Å². The highest BCUT2D eigenvalue weighted by molar-refractivity contribution is 9.11. The van der Waals surface area contributed by atoms with Crippen molar-refractivity contribution >= 4 is 53.5 Å². The average Bonchev–Trinajstić information content (AvgIpc) is 3.33. The molecule has 0 saturated heterocycles. The number of amides is 1. The first-order chi connectivity index (χ1) is 11.4. The van der Waals surface area contributed by atoms with Gasteiger partial charge < -0.3 is 5.32 Å². The van der Waals surface area contributed by atoms with Gasteiger partial charge in [0, 0.05) is 15.0 Å². The van der Waals surface area contributed by atoms with E-state index >= 15 is 0 Å². The lowest BCUT2D eigenvalue weighted by atomic mass is 10.1. The van der Waals surface area contributed by atoms with E-state index in [0.29, 0.717) is 14.5 Å². The Labute approximate surface area is 157 Å². The predicted molar refractivity (Wildman–Crippen MR) is 99.6 cm³/mol. The molecule has 1 aliphatic carbocycles. The summed E-state index contributed by atoms with van der Waals surface area (Å²) >= 11 is 6.52. The quantitative estimate of drug-likeness (QED) is 0.691. The van der Waals surface area contributed by atoms with Gasteiger partial charge in [0.25, 0.3) is 15.9 Å². The standard InChI is InChI=1S/C16H14Br2N2O3S/c17-10-5-8-13(18)15(9-10)24(22,23)20-14-4-2-1-3-12(14)16(21)19-11-6-7-11/h1-5,8-9,11,20H,6-7H2,(H,19,21). The van der Waals surface area contributed by atoms with Crippen molar-refractivity contribution in [2.75, 3.05) is 4.72 Å². The van der Waals surface area contributed by atoms with Crippen LogP contribution in [0, 0.1) is 0 Å². The second kappa shape index (κ2) is 6.85. The van der Waals surface area contributed by atoms with E-state index in [2.05, 4.69) is 41.9 Å². The first kappa shape index (κ1) is 17.4. The average molecular weight is 474 g/mol. The molecule has 5 nitrogen and oxygen atoms in total. The van der Waals surface area contributed by atoms with Crippen LogP contribution < -0.4 is 10.0 Å². The first-order valence-electron chi connectivity index (χ1n) is 7.24. The normalized spacial score (nSPS) is 14.2. The molecule has 1 amide bonds. The number of nitrogens with one attached hydrogen (secondary N) is 2. The molecular weight excluding hydrogens is 460 g/mol. The van der Waals surface area contributed by atoms with Crippen LogP contribution in [0.5, 0.6) is 0 Å². The summed E-state index contributed by atoms with van der Waals surface area (Å²) in [5.41, 5.74) is 0.557. The Morgan fingerprint density at radius 2 is 1.79 bits per heavy atom. The van der Waals surface area contributed by atoms with Crippen LogP contribution in [0.15, 0.2) is 56.3 Å². The number of carbonyl (C=O) groups excluding carboxylic acids is 1. The van der Waals surface area contributed by atoms with Crippen molar-refractivity contribution in [3.05, 3.63) is 57.0 Å². The summed E-state index contributed by atoms with van der Waals surface area (Å²) in [5, 5.41) is 2.87. The molecule has 2 aromatic rings. The van der Waals surface area contributed by atoms with Gasteiger partial charge in [-0.1, -0.05) is 28.1 Å². The maximum Gasteiger partial charge on any atom is 0.263 e. The van der Waals surface area contributed by atoms with Gasteiger partial charge in [0.1, 0.15) is 4.90 Å². The summed E-state index contributed by atoms with van der Waals surface area (Å²) in [6.45, 7) is 0. The molecule has 1 aliphatic rings. The molecule has 3 rings (SSSR count). The van der Waals surface area contributed by atoms with Gasteiger partial charge in [-0.15, -0.1) is 0 Å². The molecule has 0 bridgehead atoms. The van der Waals surface area contributed by atoms with E-state index in [4.69, 9.17) is 0 Å². The number of sulfonamides is 1. The van der Waals surface area contributed by atoms with Crippen molar-refractivity contribution in [1.29, 1.82) is 0 Å². The topological polar surface area (TPSA) is 75.3 Å². The molecule has 2 N–H and O–H groups in total. The molecule has 0 spiro atoms. The molecule has 0 aromatic heterocycles. The van der Waals surface area contributed by atoms with Crippen molar-refractivity contribution < 1.29 is 13.2 Å². The minimum absolute atomic E-state index is 0.0919. The van der Waals surface area contributed by atoms with Crippen molar-refractivity contribution in [3.63, 3.8) is 0 Å². The number of rotatable bonds is 5. The fourth-order valence-corrected chi connectivity index (χ4v) is 4.73. The van der Waals surface area contributed by atoms with Crippen LogP contribution in [0.3, 0.4) is 0 Å². The van der Waals surface area contributed by atoms with Crippen LogP contribution in [0.2, 0.25) is 0 Å². The molecule has 0 atom stereocenters. The fraction of sp³-hybridized carbons (Fsp3) is 0.188. The second-order valence-corrected chi connectivity index (χ2v) is 8.89. The molecule has 0 unspecified atom stereocenters. The minimum atomic E-state index is -3.84. The summed E-state index contributed by atoms with van der Waals surface area (Å²) in [5.74, 6) is -0.274. The minimum Gasteiger partial charge on any atom is -0.349 e. The van der Waals surface area contributed by atoms with E-state index in [1.54, 1.807) is 36.4 Å². The van der Waals surface area contributed by atoms with Gasteiger partial charge in [-0.3, -0.25) is 9.52 Å². The Hall–Kier alpha value is -1.38. The summed E-state index contributed by atoms with van der Waals surface area (Å²) in [4.78, 5) is 12.4. The van der Waals surface area contributed by atoms with E-state index < -0.39 is 10.0 Å². The number of halogens is 2. The van der Waals surface area contributed by atoms with Crippen LogP contribution >= 0.6 is 31.9 Å². The van der Waals surface area contributed by atoms with Crippen molar-refractivity contribution in [3.8, 4) is 0 Å². The largest absolute Gasteiger partial charge is 0.349 e. The van der Waals surface area contributed by atoms with Gasteiger partial charge in [0.15, 0.2) is 0 Å². The van der Waals surface area contributed by atoms with Gasteiger partial charge in [-0.05, 0) is 59.1 Å². The highest BCUT2D eigenvalue weighted by Crippen LogP contribution is 2.28. The Bertz CT molecular complexity index is 896. The molecule has 0 radical (unpaired) electrons. The number of carbonyl (C=O) groups is 1. The first-order valence-corrected chi connectivity index (χ1v) is 10.3. The monoisotopic (exact) mass is 472 g/mol. The molecule has 0 aliphatic heterocycles. The molecule has 0 heterocycles. The van der Waals surface area contributed by atoms with E-state index in [1.165, 1.54) is 6.07 Å². The molecule has 24 heavy (non-hydrogen) atoms. The summed E-state index contributed by atoms with van der Waals surface area (Å²) < 4.78 is 29.0. The molecule has 1 saturated carbocycles. The van der Waals surface area contributed by atoms with E-state index in [0.717, 1.165) is 12.8 Å². The molecule has 1 fully saturated rings. The zero-order chi connectivity index (χ0) is 17.3. The Balaban J connectivity index is 1.92. The maximum absolute atomic E-state index is 12.7. The SMILES string of the molecule is O=C(NC1CC1)c1ccccc1NS(=O)(=O)c1cc(Br)ccc1Br. The summed E-state index contributed by atoms with van der Waals surface area (Å²) in [7, 11) is -3.84. The smallest absolute Gasteiger partial charge is 0.263 e. The number of hydrogen-bond donors (Lipinski definition) is 2. The third kappa shape index (κ3) is 3.99. The maximum atomic E-state index is 12.7. The zero-order valence-corrected chi connectivity index (χ0v) is 16.4. The Morgan fingerprint density at radius 1 is 1.08 bits per heavy atom. The molecular formula is C16H14Br2N2O3S. The third-order valence-electron chi connectivity index (χ3n) is 3.51. The second-order valence-electron chi connectivity index (χ2n) is 5.47. The van der Waals surface area contributed by atoms with Gasteiger partial charge in [-0.2, -0.15) is 0 Å². The van der Waals surface area contributed by atoms with Crippen molar-refractivity contribution in [1.82, 2.24) is 5.32 Å². The molecule has 8 heteroatoms. The third-order valence-corrected chi connectivity index (χ3v) is 6.36. The zero-order valence-electron chi connectivity index (χ0n) is 12.4. The number of hydrogen-bond acceptors (Lipinski definition) is 3. The van der Waals surface area contributed by atoms with E-state index in [-0.39, 0.29) is 22.5 Å². The summed E-state index contributed by atoms with van der Waals surface area (Å²) in [6.07, 6.45) is 1.93. The van der Waals surface area contributed by atoms with Gasteiger partial charge in [-0.25, -0.2) is 8.42 Å². The number of benzene rings is 2. The van der Waals surface area contributed by atoms with E-state index in [9.17, 15) is 13.2 Å². The number of anilines is 1. The fourth-order valence-electron chi connectivity index (χ4n) is 2.14. The van der Waals surface area contributed by atoms with Crippen LogP contribution in [0.25, 0.3) is 0 Å². The van der Waals surface area contributed by atoms with Gasteiger partial charge >= 0.3 is 0 Å². The lowest BCUT2D eigenvalue weighted by Crippen LogP contribution is -2.27. The molecule has 126 valence electrons. The number of para-hydroxylation sites is 1. The Morgan fingerprint density at radius 3 is 2.50 bits per heavy atom.